The molecule has 2 aliphatic rings. The Kier molecular flexibility index (Phi) is 4.55. The Hall–Kier alpha value is -2.79. The summed E-state index contributed by atoms with van der Waals surface area (Å²) in [4.78, 5) is 11.6. The predicted octanol–water partition coefficient (Wildman–Crippen LogP) is 4.81. The molecule has 5 nitrogen and oxygen atoms in total. The molecule has 1 aliphatic carbocycles. The number of hydrogen-bond acceptors (Lipinski definition) is 3. The lowest BCUT2D eigenvalue weighted by Crippen LogP contribution is -2.26. The normalized spacial score (nSPS) is 19.7. The Morgan fingerprint density at radius 3 is 2.66 bits per heavy atom. The number of para-hydroxylation sites is 1. The maximum absolute atomic E-state index is 11.6. The Bertz CT molecular complexity index is 1080. The molecule has 1 atom stereocenters. The number of benzene rings is 2. The zero-order valence-electron chi connectivity index (χ0n) is 16.3. The second-order valence-electron chi connectivity index (χ2n) is 8.21. The minimum absolute atomic E-state index is 0.216. The molecule has 1 aliphatic heterocycles. The van der Waals surface area contributed by atoms with E-state index in [1.54, 1.807) is 12.1 Å². The third kappa shape index (κ3) is 3.10. The first-order valence-corrected chi connectivity index (χ1v) is 10.4. The van der Waals surface area contributed by atoms with E-state index in [1.807, 2.05) is 24.3 Å². The van der Waals surface area contributed by atoms with Gasteiger partial charge in [0, 0.05) is 16.5 Å². The summed E-state index contributed by atoms with van der Waals surface area (Å²) in [7, 11) is 0. The molecule has 2 heterocycles. The zero-order chi connectivity index (χ0) is 20.0. The Morgan fingerprint density at radius 1 is 1.07 bits per heavy atom. The third-order valence-corrected chi connectivity index (χ3v) is 6.33. The van der Waals surface area contributed by atoms with Crippen molar-refractivity contribution in [2.24, 2.45) is 0 Å². The average Bonchev–Trinajstić information content (AvgIpc) is 3.04. The number of aromatic carboxylic acids is 1. The van der Waals surface area contributed by atoms with Crippen molar-refractivity contribution in [3.8, 4) is 17.0 Å². The summed E-state index contributed by atoms with van der Waals surface area (Å²) in [6.07, 6.45) is 5.31. The maximum Gasteiger partial charge on any atom is 0.335 e. The van der Waals surface area contributed by atoms with Crippen molar-refractivity contribution in [1.29, 1.82) is 0 Å². The molecule has 1 saturated carbocycles. The van der Waals surface area contributed by atoms with Crippen LogP contribution < -0.4 is 4.74 Å². The van der Waals surface area contributed by atoms with E-state index < -0.39 is 12.1 Å². The van der Waals surface area contributed by atoms with Crippen LogP contribution in [0.4, 0.5) is 0 Å². The van der Waals surface area contributed by atoms with Gasteiger partial charge in [-0.15, -0.1) is 0 Å². The highest BCUT2D eigenvalue weighted by Crippen LogP contribution is 2.46. The number of rotatable bonds is 2. The molecule has 2 N–H and O–H groups in total. The molecule has 5 rings (SSSR count). The first-order valence-electron chi connectivity index (χ1n) is 10.4. The molecule has 3 aromatic rings. The number of carbonyl (C=O) groups is 1. The number of carboxylic acids is 1. The topological polar surface area (TPSA) is 71.7 Å². The van der Waals surface area contributed by atoms with Crippen LogP contribution in [-0.4, -0.2) is 33.5 Å². The van der Waals surface area contributed by atoms with Gasteiger partial charge < -0.3 is 19.5 Å². The van der Waals surface area contributed by atoms with Crippen LogP contribution in [0.2, 0.25) is 0 Å². The summed E-state index contributed by atoms with van der Waals surface area (Å²) >= 11 is 0. The number of carboxylic acid groups (broad SMARTS) is 1. The van der Waals surface area contributed by atoms with Gasteiger partial charge in [0.15, 0.2) is 0 Å². The van der Waals surface area contributed by atoms with Gasteiger partial charge in [-0.1, -0.05) is 37.5 Å². The van der Waals surface area contributed by atoms with Gasteiger partial charge in [0.25, 0.3) is 0 Å². The van der Waals surface area contributed by atoms with Crippen LogP contribution in [0.5, 0.6) is 5.75 Å². The molecule has 0 bridgehead atoms. The van der Waals surface area contributed by atoms with Crippen LogP contribution in [0.15, 0.2) is 42.5 Å². The SMILES string of the molecule is O=C(O)c1ccc2c(C3CCCCC3)c3n(c2c1)C[C@@H](O)COc1ccccc1-3. The molecule has 2 aromatic carbocycles. The van der Waals surface area contributed by atoms with E-state index in [0.29, 0.717) is 12.5 Å². The van der Waals surface area contributed by atoms with Crippen molar-refractivity contribution >= 4 is 16.9 Å². The lowest BCUT2D eigenvalue weighted by Gasteiger charge is -2.26. The van der Waals surface area contributed by atoms with Crippen molar-refractivity contribution in [3.63, 3.8) is 0 Å². The highest BCUT2D eigenvalue weighted by Gasteiger charge is 2.30. The number of ether oxygens (including phenoxy) is 1. The van der Waals surface area contributed by atoms with E-state index in [1.165, 1.54) is 24.8 Å². The zero-order valence-corrected chi connectivity index (χ0v) is 16.3. The van der Waals surface area contributed by atoms with E-state index >= 15 is 0 Å². The van der Waals surface area contributed by atoms with E-state index in [9.17, 15) is 15.0 Å². The van der Waals surface area contributed by atoms with Crippen molar-refractivity contribution in [2.75, 3.05) is 6.61 Å². The summed E-state index contributed by atoms with van der Waals surface area (Å²) in [5.74, 6) is 0.269. The molecule has 0 radical (unpaired) electrons. The van der Waals surface area contributed by atoms with Crippen molar-refractivity contribution in [2.45, 2.75) is 50.7 Å². The summed E-state index contributed by atoms with van der Waals surface area (Å²) in [6.45, 7) is 0.601. The minimum atomic E-state index is -0.934. The molecule has 0 unspecified atom stereocenters. The second-order valence-corrected chi connectivity index (χ2v) is 8.21. The largest absolute Gasteiger partial charge is 0.490 e. The van der Waals surface area contributed by atoms with Crippen LogP contribution in [0.25, 0.3) is 22.2 Å². The number of aliphatic hydroxyl groups excluding tert-OH is 1. The maximum atomic E-state index is 11.6. The molecule has 1 aromatic heterocycles. The van der Waals surface area contributed by atoms with E-state index in [-0.39, 0.29) is 12.2 Å². The van der Waals surface area contributed by atoms with Gasteiger partial charge in [-0.05, 0) is 48.6 Å². The Balaban J connectivity index is 1.85. The molecular weight excluding hydrogens is 366 g/mol. The Morgan fingerprint density at radius 2 is 1.86 bits per heavy atom. The molecular formula is C24H25NO4. The Labute approximate surface area is 169 Å². The summed E-state index contributed by atoms with van der Waals surface area (Å²) in [5, 5.41) is 21.2. The van der Waals surface area contributed by atoms with E-state index in [0.717, 1.165) is 40.8 Å². The van der Waals surface area contributed by atoms with Crippen LogP contribution in [0, 0.1) is 0 Å². The molecule has 0 saturated heterocycles. The van der Waals surface area contributed by atoms with Gasteiger partial charge in [0.2, 0.25) is 0 Å². The number of fused-ring (bicyclic) bond motifs is 5. The fraction of sp³-hybridized carbons (Fsp3) is 0.375. The number of aliphatic hydroxyl groups is 1. The quantitative estimate of drug-likeness (QED) is 0.658. The van der Waals surface area contributed by atoms with Gasteiger partial charge in [-0.25, -0.2) is 4.79 Å². The van der Waals surface area contributed by atoms with Gasteiger partial charge in [-0.2, -0.15) is 0 Å². The molecule has 0 amide bonds. The van der Waals surface area contributed by atoms with Crippen molar-refractivity contribution < 1.29 is 19.7 Å². The summed E-state index contributed by atoms with van der Waals surface area (Å²) in [6, 6.07) is 13.4. The first-order chi connectivity index (χ1) is 14.1. The van der Waals surface area contributed by atoms with Gasteiger partial charge in [0.1, 0.15) is 18.5 Å². The summed E-state index contributed by atoms with van der Waals surface area (Å²) < 4.78 is 8.06. The van der Waals surface area contributed by atoms with Crippen LogP contribution >= 0.6 is 0 Å². The highest BCUT2D eigenvalue weighted by atomic mass is 16.5. The second kappa shape index (κ2) is 7.23. The standard InChI is InChI=1S/C24H25NO4/c26-17-13-25-20-12-16(24(27)28)10-11-18(20)22(15-6-2-1-3-7-15)23(25)19-8-4-5-9-21(19)29-14-17/h4-5,8-12,15,17,26H,1-3,6-7,13-14H2,(H,27,28)/t17-/m1/s1. The van der Waals surface area contributed by atoms with Gasteiger partial charge in [0.05, 0.1) is 17.8 Å². The fourth-order valence-electron chi connectivity index (χ4n) is 5.03. The lowest BCUT2D eigenvalue weighted by molar-refractivity contribution is 0.0697. The fourth-order valence-corrected chi connectivity index (χ4v) is 5.03. The van der Waals surface area contributed by atoms with Gasteiger partial charge in [-0.3, -0.25) is 0 Å². The van der Waals surface area contributed by atoms with Crippen molar-refractivity contribution in [3.05, 3.63) is 53.6 Å². The molecule has 150 valence electrons. The minimum Gasteiger partial charge on any atom is -0.490 e. The molecule has 5 heteroatoms. The average molecular weight is 391 g/mol. The number of aromatic nitrogens is 1. The lowest BCUT2D eigenvalue weighted by atomic mass is 9.81. The third-order valence-electron chi connectivity index (χ3n) is 6.33. The molecule has 0 spiro atoms. The monoisotopic (exact) mass is 391 g/mol. The van der Waals surface area contributed by atoms with Crippen LogP contribution in [-0.2, 0) is 6.54 Å². The van der Waals surface area contributed by atoms with Crippen molar-refractivity contribution in [1.82, 2.24) is 4.57 Å². The number of nitrogens with zero attached hydrogens (tertiary/aromatic N) is 1. The molecule has 1 fully saturated rings. The highest BCUT2D eigenvalue weighted by molar-refractivity contribution is 5.98. The summed E-state index contributed by atoms with van der Waals surface area (Å²) in [5.41, 5.74) is 4.53. The number of hydrogen-bond donors (Lipinski definition) is 2. The van der Waals surface area contributed by atoms with Gasteiger partial charge >= 0.3 is 5.97 Å². The van der Waals surface area contributed by atoms with E-state index in [2.05, 4.69) is 10.6 Å². The predicted molar refractivity (Wildman–Crippen MR) is 112 cm³/mol. The smallest absolute Gasteiger partial charge is 0.335 e. The molecule has 29 heavy (non-hydrogen) atoms. The first kappa shape index (κ1) is 18.3. The van der Waals surface area contributed by atoms with Crippen LogP contribution in [0.1, 0.15) is 53.9 Å². The van der Waals surface area contributed by atoms with E-state index in [4.69, 9.17) is 4.74 Å². The van der Waals surface area contributed by atoms with Crippen LogP contribution in [0.3, 0.4) is 0 Å².